The Morgan fingerprint density at radius 2 is 1.78 bits per heavy atom. The van der Waals surface area contributed by atoms with Crippen LogP contribution < -0.4 is 9.47 Å². The highest BCUT2D eigenvalue weighted by atomic mass is 35.5. The first-order valence-corrected chi connectivity index (χ1v) is 6.09. The number of esters is 1. The van der Waals surface area contributed by atoms with E-state index < -0.39 is 11.6 Å². The average Bonchev–Trinajstić information content (AvgIpc) is 2.36. The van der Waals surface area contributed by atoms with Gasteiger partial charge in [0, 0.05) is 0 Å². The zero-order valence-corrected chi connectivity index (χ0v) is 11.5. The summed E-state index contributed by atoms with van der Waals surface area (Å²) >= 11 is 5.52. The van der Waals surface area contributed by atoms with Gasteiger partial charge in [0.05, 0.1) is 13.0 Å². The third kappa shape index (κ3) is 4.11. The van der Waals surface area contributed by atoms with Crippen molar-refractivity contribution in [2.45, 2.75) is 19.4 Å². The van der Waals surface area contributed by atoms with Crippen LogP contribution in [0, 0.1) is 0 Å². The van der Waals surface area contributed by atoms with E-state index in [0.29, 0.717) is 24.0 Å². The van der Waals surface area contributed by atoms with Crippen LogP contribution in [0.25, 0.3) is 0 Å². The van der Waals surface area contributed by atoms with Crippen LogP contribution in [-0.2, 0) is 9.53 Å². The summed E-state index contributed by atoms with van der Waals surface area (Å²) in [5.74, 6) is 1.29. The molecule has 4 nitrogen and oxygen atoms in total. The Morgan fingerprint density at radius 1 is 1.22 bits per heavy atom. The molecule has 0 saturated carbocycles. The molecule has 0 spiro atoms. The topological polar surface area (TPSA) is 44.8 Å². The number of hydrogen-bond donors (Lipinski definition) is 0. The average molecular weight is 273 g/mol. The molecule has 0 aromatic heterocycles. The van der Waals surface area contributed by atoms with Crippen LogP contribution in [0.4, 0.5) is 0 Å². The Morgan fingerprint density at radius 3 is 2.28 bits per heavy atom. The molecule has 0 aliphatic carbocycles. The molecule has 0 bridgehead atoms. The van der Waals surface area contributed by atoms with Crippen molar-refractivity contribution in [2.75, 3.05) is 19.6 Å². The van der Waals surface area contributed by atoms with Gasteiger partial charge < -0.3 is 14.2 Å². The molecule has 0 saturated heterocycles. The molecule has 0 unspecified atom stereocenters. The maximum Gasteiger partial charge on any atom is 0.349 e. The second-order valence-electron chi connectivity index (χ2n) is 4.11. The van der Waals surface area contributed by atoms with Gasteiger partial charge in [-0.3, -0.25) is 0 Å². The summed E-state index contributed by atoms with van der Waals surface area (Å²) in [4.78, 5) is 11.5. The van der Waals surface area contributed by atoms with Gasteiger partial charge in [-0.25, -0.2) is 4.79 Å². The minimum Gasteiger partial charge on any atom is -0.492 e. The Bertz CT molecular complexity index is 386. The van der Waals surface area contributed by atoms with E-state index in [1.165, 1.54) is 7.11 Å². The second-order valence-corrected chi connectivity index (χ2v) is 4.49. The van der Waals surface area contributed by atoms with Gasteiger partial charge in [0.2, 0.25) is 0 Å². The summed E-state index contributed by atoms with van der Waals surface area (Å²) in [6, 6.07) is 6.98. The summed E-state index contributed by atoms with van der Waals surface area (Å²) < 4.78 is 15.5. The molecule has 1 rings (SSSR count). The summed E-state index contributed by atoms with van der Waals surface area (Å²) in [5, 5.41) is 0. The van der Waals surface area contributed by atoms with E-state index in [-0.39, 0.29) is 0 Å². The molecule has 0 aliphatic heterocycles. The van der Waals surface area contributed by atoms with E-state index in [2.05, 4.69) is 4.74 Å². The highest BCUT2D eigenvalue weighted by Crippen LogP contribution is 2.22. The van der Waals surface area contributed by atoms with Gasteiger partial charge in [-0.05, 0) is 38.1 Å². The lowest BCUT2D eigenvalue weighted by molar-refractivity contribution is -0.156. The normalized spacial score (nSPS) is 10.9. The maximum absolute atomic E-state index is 11.5. The monoisotopic (exact) mass is 272 g/mol. The van der Waals surface area contributed by atoms with Gasteiger partial charge in [-0.15, -0.1) is 11.6 Å². The maximum atomic E-state index is 11.5. The molecule has 0 aliphatic rings. The van der Waals surface area contributed by atoms with Crippen molar-refractivity contribution in [1.82, 2.24) is 0 Å². The first kappa shape index (κ1) is 14.6. The lowest BCUT2D eigenvalue weighted by Gasteiger charge is -2.23. The molecule has 1 aromatic rings. The fourth-order valence-electron chi connectivity index (χ4n) is 1.34. The van der Waals surface area contributed by atoms with Crippen molar-refractivity contribution in [3.05, 3.63) is 24.3 Å². The van der Waals surface area contributed by atoms with Crippen LogP contribution in [-0.4, -0.2) is 31.2 Å². The molecule has 0 amide bonds. The van der Waals surface area contributed by atoms with Crippen LogP contribution in [0.3, 0.4) is 0 Å². The van der Waals surface area contributed by atoms with E-state index in [1.807, 2.05) is 0 Å². The van der Waals surface area contributed by atoms with Crippen molar-refractivity contribution in [1.29, 1.82) is 0 Å². The smallest absolute Gasteiger partial charge is 0.349 e. The number of alkyl halides is 1. The fraction of sp³-hybridized carbons (Fsp3) is 0.462. The molecular weight excluding hydrogens is 256 g/mol. The van der Waals surface area contributed by atoms with Gasteiger partial charge in [-0.1, -0.05) is 0 Å². The number of methoxy groups -OCH3 is 1. The molecule has 100 valence electrons. The molecular formula is C13H17ClO4. The summed E-state index contributed by atoms with van der Waals surface area (Å²) in [7, 11) is 1.33. The molecule has 18 heavy (non-hydrogen) atoms. The molecule has 0 radical (unpaired) electrons. The van der Waals surface area contributed by atoms with E-state index in [4.69, 9.17) is 21.1 Å². The van der Waals surface area contributed by atoms with E-state index >= 15 is 0 Å². The van der Waals surface area contributed by atoms with E-state index in [0.717, 1.165) is 0 Å². The van der Waals surface area contributed by atoms with E-state index in [1.54, 1.807) is 38.1 Å². The summed E-state index contributed by atoms with van der Waals surface area (Å²) in [6.07, 6.45) is 0. The van der Waals surface area contributed by atoms with Crippen molar-refractivity contribution in [2.24, 2.45) is 0 Å². The zero-order valence-electron chi connectivity index (χ0n) is 10.7. The standard InChI is InChI=1S/C13H17ClO4/c1-13(2,12(15)16-3)18-11-6-4-10(5-7-11)17-9-8-14/h4-7H,8-9H2,1-3H3. The van der Waals surface area contributed by atoms with E-state index in [9.17, 15) is 4.79 Å². The van der Waals surface area contributed by atoms with Crippen LogP contribution in [0.1, 0.15) is 13.8 Å². The van der Waals surface area contributed by atoms with Crippen LogP contribution >= 0.6 is 11.6 Å². The van der Waals surface area contributed by atoms with Crippen LogP contribution in [0.15, 0.2) is 24.3 Å². The number of rotatable bonds is 6. The number of benzene rings is 1. The Kier molecular flexibility index (Phi) is 5.28. The summed E-state index contributed by atoms with van der Waals surface area (Å²) in [6.45, 7) is 3.75. The number of ether oxygens (including phenoxy) is 3. The first-order chi connectivity index (χ1) is 8.49. The Balaban J connectivity index is 2.66. The first-order valence-electron chi connectivity index (χ1n) is 5.56. The SMILES string of the molecule is COC(=O)C(C)(C)Oc1ccc(OCCCl)cc1. The number of halogens is 1. The number of hydrogen-bond acceptors (Lipinski definition) is 4. The Hall–Kier alpha value is -1.42. The van der Waals surface area contributed by atoms with Crippen molar-refractivity contribution in [3.63, 3.8) is 0 Å². The third-order valence-electron chi connectivity index (χ3n) is 2.22. The third-order valence-corrected chi connectivity index (χ3v) is 2.37. The number of carbonyl (C=O) groups is 1. The highest BCUT2D eigenvalue weighted by molar-refractivity contribution is 6.18. The van der Waals surface area contributed by atoms with Gasteiger partial charge >= 0.3 is 5.97 Å². The minimum absolute atomic E-state index is 0.426. The second kappa shape index (κ2) is 6.50. The Labute approximate surface area is 112 Å². The zero-order chi connectivity index (χ0) is 13.6. The van der Waals surface area contributed by atoms with Crippen LogP contribution in [0.2, 0.25) is 0 Å². The predicted molar refractivity (Wildman–Crippen MR) is 69.4 cm³/mol. The fourth-order valence-corrected chi connectivity index (χ4v) is 1.42. The minimum atomic E-state index is -1.02. The molecule has 0 fully saturated rings. The largest absolute Gasteiger partial charge is 0.492 e. The molecule has 0 heterocycles. The highest BCUT2D eigenvalue weighted by Gasteiger charge is 2.30. The van der Waals surface area contributed by atoms with Gasteiger partial charge in [0.1, 0.15) is 18.1 Å². The summed E-state index contributed by atoms with van der Waals surface area (Å²) in [5.41, 5.74) is -1.02. The predicted octanol–water partition coefficient (Wildman–Crippen LogP) is 2.63. The lowest BCUT2D eigenvalue weighted by Crippen LogP contribution is -2.39. The lowest BCUT2D eigenvalue weighted by atomic mass is 10.1. The quantitative estimate of drug-likeness (QED) is 0.590. The van der Waals surface area contributed by atoms with Gasteiger partial charge in [-0.2, -0.15) is 0 Å². The molecule has 0 atom stereocenters. The van der Waals surface area contributed by atoms with Gasteiger partial charge in [0.25, 0.3) is 0 Å². The number of carbonyl (C=O) groups excluding carboxylic acids is 1. The van der Waals surface area contributed by atoms with Gasteiger partial charge in [0.15, 0.2) is 5.60 Å². The van der Waals surface area contributed by atoms with Crippen molar-refractivity contribution >= 4 is 17.6 Å². The van der Waals surface area contributed by atoms with Crippen molar-refractivity contribution in [3.8, 4) is 11.5 Å². The molecule has 1 aromatic carbocycles. The van der Waals surface area contributed by atoms with Crippen molar-refractivity contribution < 1.29 is 19.0 Å². The van der Waals surface area contributed by atoms with Crippen LogP contribution in [0.5, 0.6) is 11.5 Å². The molecule has 5 heteroatoms. The molecule has 0 N–H and O–H groups in total.